The van der Waals surface area contributed by atoms with Gasteiger partial charge in [-0.25, -0.2) is 0 Å². The Labute approximate surface area is 123 Å². The predicted octanol–water partition coefficient (Wildman–Crippen LogP) is 2.63. The summed E-state index contributed by atoms with van der Waals surface area (Å²) in [7, 11) is 0. The average Bonchev–Trinajstić information content (AvgIpc) is 2.38. The van der Waals surface area contributed by atoms with E-state index in [0.29, 0.717) is 0 Å². The van der Waals surface area contributed by atoms with Crippen molar-refractivity contribution in [3.05, 3.63) is 29.8 Å². The molecule has 1 saturated heterocycles. The third kappa shape index (κ3) is 4.80. The van der Waals surface area contributed by atoms with Crippen molar-refractivity contribution < 1.29 is 0 Å². The second-order valence-corrected chi connectivity index (χ2v) is 6.76. The fourth-order valence-electron chi connectivity index (χ4n) is 2.81. The number of benzene rings is 1. The van der Waals surface area contributed by atoms with Crippen molar-refractivity contribution >= 4 is 5.69 Å². The minimum absolute atomic E-state index is 0.0244. The van der Waals surface area contributed by atoms with Crippen molar-refractivity contribution in [2.24, 2.45) is 5.73 Å². The molecule has 20 heavy (non-hydrogen) atoms. The molecule has 0 bridgehead atoms. The van der Waals surface area contributed by atoms with E-state index in [1.165, 1.54) is 37.3 Å². The highest BCUT2D eigenvalue weighted by Gasteiger charge is 2.18. The molecule has 1 aliphatic heterocycles. The summed E-state index contributed by atoms with van der Waals surface area (Å²) in [6.45, 7) is 12.2. The molecular weight excluding hydrogens is 246 g/mol. The van der Waals surface area contributed by atoms with Gasteiger partial charge in [-0.05, 0) is 57.9 Å². The van der Waals surface area contributed by atoms with Gasteiger partial charge in [0.2, 0.25) is 0 Å². The van der Waals surface area contributed by atoms with E-state index >= 15 is 0 Å². The molecule has 0 unspecified atom stereocenters. The van der Waals surface area contributed by atoms with Gasteiger partial charge in [-0.3, -0.25) is 4.90 Å². The Hall–Kier alpha value is -1.06. The fourth-order valence-corrected chi connectivity index (χ4v) is 2.81. The normalized spacial score (nSPS) is 17.5. The number of piperazine rings is 1. The smallest absolute Gasteiger partial charge is 0.0369 e. The Bertz CT molecular complexity index is 414. The first-order valence-corrected chi connectivity index (χ1v) is 7.77. The maximum absolute atomic E-state index is 6.04. The first-order chi connectivity index (χ1) is 9.44. The van der Waals surface area contributed by atoms with E-state index in [1.807, 2.05) is 0 Å². The Morgan fingerprint density at radius 1 is 1.15 bits per heavy atom. The number of nitrogens with zero attached hydrogens (tertiary/aromatic N) is 2. The summed E-state index contributed by atoms with van der Waals surface area (Å²) in [5.41, 5.74) is 8.72. The Balaban J connectivity index is 1.75. The van der Waals surface area contributed by atoms with Crippen LogP contribution in [0.15, 0.2) is 24.3 Å². The summed E-state index contributed by atoms with van der Waals surface area (Å²) in [6, 6.07) is 8.82. The highest BCUT2D eigenvalue weighted by atomic mass is 15.3. The third-order valence-electron chi connectivity index (χ3n) is 4.03. The SMILES string of the molecule is Cc1cccc(N2CCN(CCCC(C)(C)N)CC2)c1. The van der Waals surface area contributed by atoms with Crippen LogP contribution >= 0.6 is 0 Å². The number of aryl methyl sites for hydroxylation is 1. The Morgan fingerprint density at radius 3 is 2.45 bits per heavy atom. The van der Waals surface area contributed by atoms with Crippen LogP contribution in [0.2, 0.25) is 0 Å². The Morgan fingerprint density at radius 2 is 1.85 bits per heavy atom. The molecule has 1 aromatic carbocycles. The molecule has 3 nitrogen and oxygen atoms in total. The van der Waals surface area contributed by atoms with Gasteiger partial charge in [0, 0.05) is 37.4 Å². The van der Waals surface area contributed by atoms with Crippen LogP contribution in [0.4, 0.5) is 5.69 Å². The molecule has 0 radical (unpaired) electrons. The molecule has 2 N–H and O–H groups in total. The molecule has 0 aliphatic carbocycles. The molecule has 0 spiro atoms. The number of nitrogens with two attached hydrogens (primary N) is 1. The lowest BCUT2D eigenvalue weighted by Gasteiger charge is -2.36. The molecule has 0 aromatic heterocycles. The van der Waals surface area contributed by atoms with Gasteiger partial charge in [-0.15, -0.1) is 0 Å². The van der Waals surface area contributed by atoms with E-state index in [0.717, 1.165) is 19.5 Å². The van der Waals surface area contributed by atoms with Crippen molar-refractivity contribution in [1.82, 2.24) is 4.90 Å². The lowest BCUT2D eigenvalue weighted by molar-refractivity contribution is 0.245. The van der Waals surface area contributed by atoms with Gasteiger partial charge in [0.25, 0.3) is 0 Å². The summed E-state index contributed by atoms with van der Waals surface area (Å²) in [4.78, 5) is 5.06. The highest BCUT2D eigenvalue weighted by Crippen LogP contribution is 2.18. The molecule has 0 amide bonds. The van der Waals surface area contributed by atoms with Crippen LogP contribution in [-0.2, 0) is 0 Å². The lowest BCUT2D eigenvalue weighted by Crippen LogP contribution is -2.47. The minimum Gasteiger partial charge on any atom is -0.369 e. The van der Waals surface area contributed by atoms with E-state index in [-0.39, 0.29) is 5.54 Å². The van der Waals surface area contributed by atoms with E-state index < -0.39 is 0 Å². The molecule has 1 aromatic rings. The summed E-state index contributed by atoms with van der Waals surface area (Å²) in [5.74, 6) is 0. The number of hydrogen-bond acceptors (Lipinski definition) is 3. The van der Waals surface area contributed by atoms with Gasteiger partial charge >= 0.3 is 0 Å². The molecule has 2 rings (SSSR count). The monoisotopic (exact) mass is 275 g/mol. The molecule has 3 heteroatoms. The number of anilines is 1. The quantitative estimate of drug-likeness (QED) is 0.896. The van der Waals surface area contributed by atoms with E-state index in [1.54, 1.807) is 0 Å². The largest absolute Gasteiger partial charge is 0.369 e. The van der Waals surface area contributed by atoms with Crippen LogP contribution in [0.5, 0.6) is 0 Å². The Kier molecular flexibility index (Phi) is 5.06. The summed E-state index contributed by atoms with van der Waals surface area (Å²) in [6.07, 6.45) is 2.30. The van der Waals surface area contributed by atoms with Crippen molar-refractivity contribution in [3.63, 3.8) is 0 Å². The molecular formula is C17H29N3. The van der Waals surface area contributed by atoms with Gasteiger partial charge in [0.05, 0.1) is 0 Å². The first-order valence-electron chi connectivity index (χ1n) is 7.77. The zero-order valence-electron chi connectivity index (χ0n) is 13.2. The molecule has 1 aliphatic rings. The van der Waals surface area contributed by atoms with Crippen LogP contribution < -0.4 is 10.6 Å². The molecule has 1 fully saturated rings. The van der Waals surface area contributed by atoms with Gasteiger partial charge in [0.1, 0.15) is 0 Å². The second-order valence-electron chi connectivity index (χ2n) is 6.76. The number of rotatable bonds is 5. The van der Waals surface area contributed by atoms with Gasteiger partial charge in [-0.2, -0.15) is 0 Å². The topological polar surface area (TPSA) is 32.5 Å². The van der Waals surface area contributed by atoms with Crippen molar-refractivity contribution in [3.8, 4) is 0 Å². The summed E-state index contributed by atoms with van der Waals surface area (Å²) < 4.78 is 0. The summed E-state index contributed by atoms with van der Waals surface area (Å²) >= 11 is 0. The maximum atomic E-state index is 6.04. The maximum Gasteiger partial charge on any atom is 0.0369 e. The minimum atomic E-state index is -0.0244. The fraction of sp³-hybridized carbons (Fsp3) is 0.647. The van der Waals surface area contributed by atoms with Crippen LogP contribution in [-0.4, -0.2) is 43.2 Å². The zero-order chi connectivity index (χ0) is 14.6. The van der Waals surface area contributed by atoms with Gasteiger partial charge < -0.3 is 10.6 Å². The lowest BCUT2D eigenvalue weighted by atomic mass is 10.00. The van der Waals surface area contributed by atoms with Crippen LogP contribution in [0.1, 0.15) is 32.3 Å². The van der Waals surface area contributed by atoms with Gasteiger partial charge in [0.15, 0.2) is 0 Å². The molecule has 112 valence electrons. The number of hydrogen-bond donors (Lipinski definition) is 1. The third-order valence-corrected chi connectivity index (χ3v) is 4.03. The van der Waals surface area contributed by atoms with E-state index in [4.69, 9.17) is 5.73 Å². The molecule has 0 atom stereocenters. The highest BCUT2D eigenvalue weighted by molar-refractivity contribution is 5.48. The second kappa shape index (κ2) is 6.59. The van der Waals surface area contributed by atoms with E-state index in [2.05, 4.69) is 54.8 Å². The van der Waals surface area contributed by atoms with Crippen LogP contribution in [0.25, 0.3) is 0 Å². The van der Waals surface area contributed by atoms with Crippen molar-refractivity contribution in [2.45, 2.75) is 39.2 Å². The predicted molar refractivity (Wildman–Crippen MR) is 87.3 cm³/mol. The van der Waals surface area contributed by atoms with Crippen molar-refractivity contribution in [2.75, 3.05) is 37.6 Å². The van der Waals surface area contributed by atoms with Crippen molar-refractivity contribution in [1.29, 1.82) is 0 Å². The molecule has 1 heterocycles. The zero-order valence-corrected chi connectivity index (χ0v) is 13.2. The summed E-state index contributed by atoms with van der Waals surface area (Å²) in [5, 5.41) is 0. The first kappa shape index (κ1) is 15.3. The van der Waals surface area contributed by atoms with E-state index in [9.17, 15) is 0 Å². The average molecular weight is 275 g/mol. The van der Waals surface area contributed by atoms with Crippen LogP contribution in [0.3, 0.4) is 0 Å². The van der Waals surface area contributed by atoms with Crippen LogP contribution in [0, 0.1) is 6.92 Å². The molecule has 0 saturated carbocycles. The standard InChI is InChI=1S/C17H29N3/c1-15-6-4-7-16(14-15)20-12-10-19(11-13-20)9-5-8-17(2,3)18/h4,6-7,14H,5,8-13,18H2,1-3H3. The van der Waals surface area contributed by atoms with Gasteiger partial charge in [-0.1, -0.05) is 12.1 Å².